The van der Waals surface area contributed by atoms with Gasteiger partial charge in [-0.2, -0.15) is 0 Å². The van der Waals surface area contributed by atoms with Crippen LogP contribution in [0.3, 0.4) is 0 Å². The predicted molar refractivity (Wildman–Crippen MR) is 135 cm³/mol. The zero-order chi connectivity index (χ0) is 29.1. The first-order valence-electron chi connectivity index (χ1n) is 12.6. The summed E-state index contributed by atoms with van der Waals surface area (Å²) in [7, 11) is 1.15. The third-order valence-electron chi connectivity index (χ3n) is 7.95. The van der Waals surface area contributed by atoms with Crippen molar-refractivity contribution in [2.75, 3.05) is 7.11 Å². The molecule has 39 heavy (non-hydrogen) atoms. The molecule has 0 amide bonds. The third kappa shape index (κ3) is 4.65. The van der Waals surface area contributed by atoms with Gasteiger partial charge in [0, 0.05) is 30.6 Å². The molecule has 2 aromatic rings. The summed E-state index contributed by atoms with van der Waals surface area (Å²) in [4.78, 5) is 26.1. The molecule has 12 nitrogen and oxygen atoms in total. The summed E-state index contributed by atoms with van der Waals surface area (Å²) in [5.74, 6) is -4.63. The number of aliphatic hydroxyl groups excluding tert-OH is 5. The number of fused-ring (bicyclic) bond motifs is 2. The number of benzene rings is 2. The van der Waals surface area contributed by atoms with Gasteiger partial charge in [0.1, 0.15) is 41.7 Å². The molecule has 1 heterocycles. The number of Topliss-reactive ketones (excluding diaryl/α,β-unsaturated/α-hetero) is 2. The number of ether oxygens (including phenoxy) is 2. The standard InChI is InChI=1S/C27H34O12/c1-8-19(30)17(15-7-14(29)22(33)10(3)39-15)12-5-11-6-13(27(38-4)26(37)21(32)9(2)28)23(34)25(36)16(11)24(35)18(12)20(8)31/h5,9-10,13-15,21-23,27-35H,6-7H2,1-4H3/t9-,10+,13-,14+,15+,21+,22-,23+,27-/m0/s1. The van der Waals surface area contributed by atoms with E-state index in [9.17, 15) is 50.4 Å². The van der Waals surface area contributed by atoms with Crippen molar-refractivity contribution in [3.8, 4) is 17.2 Å². The number of carbonyl (C=O) groups excluding carboxylic acids is 2. The van der Waals surface area contributed by atoms with E-state index in [1.807, 2.05) is 0 Å². The van der Waals surface area contributed by atoms with Crippen molar-refractivity contribution >= 4 is 22.3 Å². The molecule has 0 unspecified atom stereocenters. The van der Waals surface area contributed by atoms with Gasteiger partial charge in [-0.05, 0) is 44.2 Å². The highest BCUT2D eigenvalue weighted by Gasteiger charge is 2.46. The Morgan fingerprint density at radius 1 is 1.10 bits per heavy atom. The maximum absolute atomic E-state index is 13.3. The maximum Gasteiger partial charge on any atom is 0.195 e. The Kier molecular flexibility index (Phi) is 7.94. The van der Waals surface area contributed by atoms with Crippen LogP contribution in [-0.4, -0.2) is 102 Å². The second-order valence-electron chi connectivity index (χ2n) is 10.5. The topological polar surface area (TPSA) is 214 Å². The fraction of sp³-hybridized carbons (Fsp3) is 0.556. The van der Waals surface area contributed by atoms with Crippen LogP contribution < -0.4 is 0 Å². The fourth-order valence-corrected chi connectivity index (χ4v) is 5.71. The zero-order valence-corrected chi connectivity index (χ0v) is 21.9. The summed E-state index contributed by atoms with van der Waals surface area (Å²) in [6, 6.07) is 1.42. The highest BCUT2D eigenvalue weighted by molar-refractivity contribution is 6.12. The van der Waals surface area contributed by atoms with Gasteiger partial charge in [-0.3, -0.25) is 9.59 Å². The Balaban J connectivity index is 1.91. The molecule has 214 valence electrons. The lowest BCUT2D eigenvalue weighted by atomic mass is 9.74. The first-order valence-corrected chi connectivity index (χ1v) is 12.6. The van der Waals surface area contributed by atoms with E-state index in [1.54, 1.807) is 6.92 Å². The van der Waals surface area contributed by atoms with Gasteiger partial charge in [-0.25, -0.2) is 0 Å². The van der Waals surface area contributed by atoms with Crippen LogP contribution in [0.4, 0.5) is 0 Å². The van der Waals surface area contributed by atoms with Crippen LogP contribution in [0.1, 0.15) is 53.4 Å². The number of carbonyl (C=O) groups is 2. The van der Waals surface area contributed by atoms with Crippen LogP contribution in [0.25, 0.3) is 10.8 Å². The Bertz CT molecular complexity index is 1290. The normalized spacial score (nSPS) is 29.6. The average molecular weight is 551 g/mol. The molecule has 2 aliphatic rings. The molecular weight excluding hydrogens is 516 g/mol. The molecule has 1 aliphatic heterocycles. The monoisotopic (exact) mass is 550 g/mol. The molecule has 9 atom stereocenters. The molecule has 0 saturated carbocycles. The first kappa shape index (κ1) is 29.2. The van der Waals surface area contributed by atoms with Gasteiger partial charge in [-0.1, -0.05) is 0 Å². The van der Waals surface area contributed by atoms with Crippen molar-refractivity contribution in [2.24, 2.45) is 5.92 Å². The summed E-state index contributed by atoms with van der Waals surface area (Å²) in [6.45, 7) is 4.13. The quantitative estimate of drug-likeness (QED) is 0.236. The van der Waals surface area contributed by atoms with Gasteiger partial charge in [0.15, 0.2) is 11.6 Å². The van der Waals surface area contributed by atoms with Crippen molar-refractivity contribution in [2.45, 2.75) is 82.4 Å². The fourth-order valence-electron chi connectivity index (χ4n) is 5.71. The predicted octanol–water partition coefficient (Wildman–Crippen LogP) is -0.122. The van der Waals surface area contributed by atoms with E-state index in [4.69, 9.17) is 9.47 Å². The van der Waals surface area contributed by atoms with E-state index in [-0.39, 0.29) is 51.6 Å². The van der Waals surface area contributed by atoms with E-state index in [2.05, 4.69) is 0 Å². The number of rotatable bonds is 6. The molecule has 4 rings (SSSR count). The van der Waals surface area contributed by atoms with Crippen LogP contribution in [0.5, 0.6) is 17.2 Å². The van der Waals surface area contributed by atoms with E-state index in [0.717, 1.165) is 7.11 Å². The number of aliphatic hydroxyl groups is 5. The zero-order valence-electron chi connectivity index (χ0n) is 21.9. The average Bonchev–Trinajstić information content (AvgIpc) is 2.88. The number of phenols is 3. The van der Waals surface area contributed by atoms with E-state index >= 15 is 0 Å². The summed E-state index contributed by atoms with van der Waals surface area (Å²) in [5.41, 5.74) is -0.0435. The van der Waals surface area contributed by atoms with Crippen molar-refractivity contribution < 1.29 is 59.9 Å². The minimum atomic E-state index is -1.83. The largest absolute Gasteiger partial charge is 0.507 e. The van der Waals surface area contributed by atoms with Crippen molar-refractivity contribution in [1.29, 1.82) is 0 Å². The van der Waals surface area contributed by atoms with Gasteiger partial charge in [0.05, 0.1) is 35.4 Å². The first-order chi connectivity index (χ1) is 18.2. The number of hydrogen-bond acceptors (Lipinski definition) is 12. The molecular formula is C27H34O12. The molecule has 2 aromatic carbocycles. The van der Waals surface area contributed by atoms with Crippen LogP contribution >= 0.6 is 0 Å². The van der Waals surface area contributed by atoms with Crippen molar-refractivity contribution in [1.82, 2.24) is 0 Å². The van der Waals surface area contributed by atoms with Crippen LogP contribution in [0.15, 0.2) is 6.07 Å². The van der Waals surface area contributed by atoms with Gasteiger partial charge in [0.2, 0.25) is 0 Å². The SMILES string of the molecule is CO[C@H](C(=O)[C@H](O)[C@H](C)O)[C@H]1Cc2cc3c([C@H]4C[C@@H](O)[C@@H](O)[C@@H](C)O4)c(O)c(C)c(O)c3c(O)c2C(=O)[C@@H]1O. The number of phenolic OH excluding ortho intramolecular Hbond substituents is 3. The highest BCUT2D eigenvalue weighted by atomic mass is 16.5. The van der Waals surface area contributed by atoms with Crippen molar-refractivity contribution in [3.63, 3.8) is 0 Å². The molecule has 1 fully saturated rings. The summed E-state index contributed by atoms with van der Waals surface area (Å²) < 4.78 is 11.1. The molecule has 12 heteroatoms. The highest BCUT2D eigenvalue weighted by Crippen LogP contribution is 2.51. The second-order valence-corrected chi connectivity index (χ2v) is 10.5. The van der Waals surface area contributed by atoms with Gasteiger partial charge >= 0.3 is 0 Å². The van der Waals surface area contributed by atoms with Crippen LogP contribution in [0, 0.1) is 12.8 Å². The van der Waals surface area contributed by atoms with Gasteiger partial charge < -0.3 is 50.3 Å². The Morgan fingerprint density at radius 2 is 1.74 bits per heavy atom. The summed E-state index contributed by atoms with van der Waals surface area (Å²) >= 11 is 0. The van der Waals surface area contributed by atoms with Gasteiger partial charge in [0.25, 0.3) is 0 Å². The maximum atomic E-state index is 13.3. The van der Waals surface area contributed by atoms with E-state index in [1.165, 1.54) is 19.9 Å². The lowest BCUT2D eigenvalue weighted by molar-refractivity contribution is -0.163. The number of hydrogen-bond donors (Lipinski definition) is 8. The Morgan fingerprint density at radius 3 is 2.31 bits per heavy atom. The minimum absolute atomic E-state index is 0.0246. The molecule has 0 spiro atoms. The summed E-state index contributed by atoms with van der Waals surface area (Å²) in [6.07, 6.45) is -11.0. The minimum Gasteiger partial charge on any atom is -0.507 e. The summed E-state index contributed by atoms with van der Waals surface area (Å²) in [5, 5.41) is 84.1. The van der Waals surface area contributed by atoms with Crippen LogP contribution in [0.2, 0.25) is 0 Å². The number of aromatic hydroxyl groups is 3. The third-order valence-corrected chi connectivity index (χ3v) is 7.95. The molecule has 0 bridgehead atoms. The smallest absolute Gasteiger partial charge is 0.195 e. The van der Waals surface area contributed by atoms with Gasteiger partial charge in [-0.15, -0.1) is 0 Å². The Hall–Kier alpha value is -2.84. The van der Waals surface area contributed by atoms with E-state index < -0.39 is 77.8 Å². The lowest BCUT2D eigenvalue weighted by Crippen LogP contribution is -2.50. The molecule has 8 N–H and O–H groups in total. The van der Waals surface area contributed by atoms with Crippen LogP contribution in [-0.2, 0) is 20.7 Å². The number of methoxy groups -OCH3 is 1. The number of ketones is 2. The van der Waals surface area contributed by atoms with E-state index in [0.29, 0.717) is 0 Å². The molecule has 1 saturated heterocycles. The van der Waals surface area contributed by atoms with Crippen molar-refractivity contribution in [3.05, 3.63) is 28.3 Å². The second kappa shape index (κ2) is 10.6. The molecule has 0 radical (unpaired) electrons. The molecule has 1 aliphatic carbocycles. The lowest BCUT2D eigenvalue weighted by Gasteiger charge is -2.37. The molecule has 0 aromatic heterocycles. The Labute approximate surface area is 223 Å².